The van der Waals surface area contributed by atoms with Gasteiger partial charge in [0.2, 0.25) is 10.0 Å². The minimum absolute atomic E-state index is 0.0420. The maximum Gasteiger partial charge on any atom is 0.410 e. The fourth-order valence-corrected chi connectivity index (χ4v) is 7.92. The second-order valence-corrected chi connectivity index (χ2v) is 16.3. The molecule has 260 valence electrons. The number of carbonyl (C=O) groups is 1. The summed E-state index contributed by atoms with van der Waals surface area (Å²) in [5.74, 6) is 0.477. The molecule has 0 fully saturated rings. The Hall–Kier alpha value is -2.67. The highest BCUT2D eigenvalue weighted by Gasteiger charge is 2.35. The zero-order valence-electron chi connectivity index (χ0n) is 28.6. The van der Waals surface area contributed by atoms with E-state index in [1.807, 2.05) is 13.8 Å². The average Bonchev–Trinajstić information content (AvgIpc) is 2.96. The van der Waals surface area contributed by atoms with Crippen LogP contribution in [0.25, 0.3) is 0 Å². The zero-order chi connectivity index (χ0) is 34.7. The van der Waals surface area contributed by atoms with Crippen molar-refractivity contribution < 1.29 is 41.4 Å². The van der Waals surface area contributed by atoms with Gasteiger partial charge in [0.1, 0.15) is 11.4 Å². The van der Waals surface area contributed by atoms with Crippen molar-refractivity contribution in [2.45, 2.75) is 77.3 Å². The van der Waals surface area contributed by atoms with E-state index in [2.05, 4.69) is 5.32 Å². The van der Waals surface area contributed by atoms with Crippen LogP contribution in [0, 0.1) is 5.92 Å². The largest absolute Gasteiger partial charge is 0.497 e. The lowest BCUT2D eigenvalue weighted by Gasteiger charge is -2.36. The third-order valence-electron chi connectivity index (χ3n) is 6.78. The van der Waals surface area contributed by atoms with Crippen molar-refractivity contribution in [2.75, 3.05) is 52.3 Å². The fraction of sp³-hybridized carbons (Fsp3) is 0.594. The molecule has 2 atom stereocenters. The number of methoxy groups -OCH3 is 1. The first kappa shape index (κ1) is 39.5. The number of likely N-dealkylation sites (N-methyl/N-ethyl adjacent to an activating group) is 1. The van der Waals surface area contributed by atoms with Crippen LogP contribution < -0.4 is 10.1 Å². The number of sulfonamides is 1. The number of nitrogens with zero attached hydrogens (tertiary/aromatic N) is 2. The smallest absolute Gasteiger partial charge is 0.410 e. The van der Waals surface area contributed by atoms with Gasteiger partial charge in [0.25, 0.3) is 0 Å². The van der Waals surface area contributed by atoms with Crippen LogP contribution in [0.5, 0.6) is 5.75 Å². The summed E-state index contributed by atoms with van der Waals surface area (Å²) in [6, 6.07) is 12.3. The predicted molar refractivity (Wildman–Crippen MR) is 180 cm³/mol. The van der Waals surface area contributed by atoms with Crippen LogP contribution in [0.2, 0.25) is 0 Å². The van der Waals surface area contributed by atoms with Gasteiger partial charge in [-0.15, -0.1) is 0 Å². The molecule has 0 aliphatic heterocycles. The summed E-state index contributed by atoms with van der Waals surface area (Å²) in [6.07, 6.45) is -1.84. The van der Waals surface area contributed by atoms with E-state index < -0.39 is 41.5 Å². The van der Waals surface area contributed by atoms with Gasteiger partial charge in [0, 0.05) is 32.4 Å². The van der Waals surface area contributed by atoms with Crippen molar-refractivity contribution in [1.82, 2.24) is 9.21 Å². The quantitative estimate of drug-likeness (QED) is 0.184. The van der Waals surface area contributed by atoms with Crippen LogP contribution in [0.3, 0.4) is 0 Å². The summed E-state index contributed by atoms with van der Waals surface area (Å²) < 4.78 is 63.2. The van der Waals surface area contributed by atoms with E-state index in [4.69, 9.17) is 18.5 Å². The van der Waals surface area contributed by atoms with Crippen LogP contribution in [-0.4, -0.2) is 93.6 Å². The first-order valence-electron chi connectivity index (χ1n) is 15.4. The molecule has 46 heavy (non-hydrogen) atoms. The predicted octanol–water partition coefficient (Wildman–Crippen LogP) is 5.82. The molecular formula is C32H52N3O9PS. The Kier molecular flexibility index (Phi) is 15.0. The number of nitrogens with one attached hydrogen (secondary N) is 1. The van der Waals surface area contributed by atoms with Gasteiger partial charge >= 0.3 is 13.7 Å². The molecule has 0 saturated carbocycles. The Morgan fingerprint density at radius 1 is 0.978 bits per heavy atom. The highest BCUT2D eigenvalue weighted by Crippen LogP contribution is 2.51. The summed E-state index contributed by atoms with van der Waals surface area (Å²) in [5, 5.41) is 14.8. The summed E-state index contributed by atoms with van der Waals surface area (Å²) in [5.41, 5.74) is 0.644. The molecule has 0 spiro atoms. The van der Waals surface area contributed by atoms with Gasteiger partial charge in [-0.1, -0.05) is 26.0 Å². The molecule has 2 N–H and O–H groups in total. The van der Waals surface area contributed by atoms with E-state index in [0.29, 0.717) is 11.4 Å². The van der Waals surface area contributed by atoms with Gasteiger partial charge in [-0.05, 0) is 82.5 Å². The van der Waals surface area contributed by atoms with Gasteiger partial charge in [0.05, 0.1) is 43.5 Å². The van der Waals surface area contributed by atoms with E-state index in [9.17, 15) is 22.9 Å². The van der Waals surface area contributed by atoms with Crippen LogP contribution in [0.1, 0.15) is 54.0 Å². The minimum atomic E-state index is -4.00. The topological polar surface area (TPSA) is 144 Å². The Morgan fingerprint density at radius 2 is 1.54 bits per heavy atom. The molecule has 1 amide bonds. The lowest BCUT2D eigenvalue weighted by Crippen LogP contribution is -2.54. The molecule has 0 heterocycles. The maximum atomic E-state index is 13.7. The molecular weight excluding hydrogens is 633 g/mol. The number of amides is 1. The molecule has 0 aliphatic rings. The standard InChI is InChI=1S/C32H52N3O9PS/c1-10-42-45(38,43-11-2)23-25-12-14-26(15-13-25)33-20-29(34(8)31(37)44-32(5,6)7)30(36)22-35(21-24(3)4)46(39,40)28-18-16-27(41-9)17-19-28/h12-19,24,29-30,33,36H,10-11,20-23H2,1-9H3/t29-,30+/m0/s1. The molecule has 2 aromatic carbocycles. The van der Waals surface area contributed by atoms with Gasteiger partial charge in [-0.2, -0.15) is 4.31 Å². The molecule has 0 radical (unpaired) electrons. The molecule has 0 bridgehead atoms. The number of carbonyl (C=O) groups excluding carboxylic acids is 1. The van der Waals surface area contributed by atoms with E-state index in [0.717, 1.165) is 5.56 Å². The van der Waals surface area contributed by atoms with E-state index in [1.165, 1.54) is 35.5 Å². The van der Waals surface area contributed by atoms with Gasteiger partial charge in [-0.3, -0.25) is 4.57 Å². The normalized spacial score (nSPS) is 13.8. The van der Waals surface area contributed by atoms with E-state index in [1.54, 1.807) is 71.0 Å². The van der Waals surface area contributed by atoms with Crippen molar-refractivity contribution in [2.24, 2.45) is 5.92 Å². The second kappa shape index (κ2) is 17.5. The van der Waals surface area contributed by atoms with Crippen LogP contribution >= 0.6 is 7.60 Å². The number of ether oxygens (including phenoxy) is 2. The summed E-state index contributed by atoms with van der Waals surface area (Å²) in [6.45, 7) is 13.0. The van der Waals surface area contributed by atoms with E-state index >= 15 is 0 Å². The third-order valence-corrected chi connectivity index (χ3v) is 10.7. The molecule has 0 aliphatic carbocycles. The number of hydrogen-bond donors (Lipinski definition) is 2. The molecule has 12 nitrogen and oxygen atoms in total. The van der Waals surface area contributed by atoms with Crippen molar-refractivity contribution in [3.05, 3.63) is 54.1 Å². The first-order chi connectivity index (χ1) is 21.4. The van der Waals surface area contributed by atoms with Gasteiger partial charge in [-0.25, -0.2) is 13.2 Å². The van der Waals surface area contributed by atoms with Crippen molar-refractivity contribution in [1.29, 1.82) is 0 Å². The number of anilines is 1. The van der Waals surface area contributed by atoms with Gasteiger partial charge < -0.3 is 33.8 Å². The third kappa shape index (κ3) is 12.2. The lowest BCUT2D eigenvalue weighted by molar-refractivity contribution is 0.00138. The molecule has 0 saturated heterocycles. The molecule has 0 aromatic heterocycles. The van der Waals surface area contributed by atoms with Gasteiger partial charge in [0.15, 0.2) is 0 Å². The Balaban J connectivity index is 2.33. The van der Waals surface area contributed by atoms with Crippen LogP contribution in [0.15, 0.2) is 53.4 Å². The number of aliphatic hydroxyl groups is 1. The Labute approximate surface area is 274 Å². The molecule has 14 heteroatoms. The number of rotatable bonds is 18. The van der Waals surface area contributed by atoms with Crippen LogP contribution in [0.4, 0.5) is 10.5 Å². The Morgan fingerprint density at radius 3 is 2.02 bits per heavy atom. The summed E-state index contributed by atoms with van der Waals surface area (Å²) in [4.78, 5) is 14.5. The number of hydrogen-bond acceptors (Lipinski definition) is 10. The fourth-order valence-electron chi connectivity index (χ4n) is 4.60. The first-order valence-corrected chi connectivity index (χ1v) is 18.6. The number of aliphatic hydroxyl groups excluding tert-OH is 1. The van der Waals surface area contributed by atoms with Crippen molar-refractivity contribution in [3.63, 3.8) is 0 Å². The Bertz CT molecular complexity index is 1370. The van der Waals surface area contributed by atoms with E-state index in [-0.39, 0.29) is 49.8 Å². The highest BCUT2D eigenvalue weighted by atomic mass is 32.2. The SMILES string of the molecule is CCOP(=O)(Cc1ccc(NC[C@@H]([C@H](O)CN(CC(C)C)S(=O)(=O)c2ccc(OC)cc2)N(C)C(=O)OC(C)(C)C)cc1)OCC. The molecule has 2 aromatic rings. The molecule has 2 rings (SSSR count). The minimum Gasteiger partial charge on any atom is -0.497 e. The summed E-state index contributed by atoms with van der Waals surface area (Å²) in [7, 11) is -4.27. The van der Waals surface area contributed by atoms with Crippen molar-refractivity contribution in [3.8, 4) is 5.75 Å². The van der Waals surface area contributed by atoms with Crippen molar-refractivity contribution >= 4 is 29.4 Å². The molecule has 0 unspecified atom stereocenters. The number of benzene rings is 2. The highest BCUT2D eigenvalue weighted by molar-refractivity contribution is 7.89. The second-order valence-electron chi connectivity index (χ2n) is 12.3. The lowest BCUT2D eigenvalue weighted by atomic mass is 10.1. The summed E-state index contributed by atoms with van der Waals surface area (Å²) >= 11 is 0. The zero-order valence-corrected chi connectivity index (χ0v) is 30.3. The average molecular weight is 686 g/mol. The van der Waals surface area contributed by atoms with Crippen LogP contribution in [-0.2, 0) is 34.5 Å². The monoisotopic (exact) mass is 685 g/mol. The maximum absolute atomic E-state index is 13.7.